The van der Waals surface area contributed by atoms with Crippen LogP contribution in [-0.4, -0.2) is 41.5 Å². The Morgan fingerprint density at radius 2 is 2.12 bits per heavy atom. The van der Waals surface area contributed by atoms with Crippen LogP contribution in [0.15, 0.2) is 29.2 Å². The standard InChI is InChI=1S/C14H21NOS/c1-12-4-6-14(7-5-12)17-10-9-15-8-2-3-13(15)11-16/h4-7,13,16H,2-3,8-11H2,1H3/t13-/m1/s1. The molecule has 0 amide bonds. The van der Waals surface area contributed by atoms with Crippen molar-refractivity contribution in [3.8, 4) is 0 Å². The van der Waals surface area contributed by atoms with Crippen LogP contribution in [0.3, 0.4) is 0 Å². The Morgan fingerprint density at radius 1 is 1.35 bits per heavy atom. The molecule has 2 rings (SSSR count). The Bertz CT molecular complexity index is 339. The third kappa shape index (κ3) is 3.73. The van der Waals surface area contributed by atoms with Gasteiger partial charge in [-0.25, -0.2) is 0 Å². The summed E-state index contributed by atoms with van der Waals surface area (Å²) in [7, 11) is 0. The van der Waals surface area contributed by atoms with Crippen LogP contribution in [0.1, 0.15) is 18.4 Å². The van der Waals surface area contributed by atoms with Crippen molar-refractivity contribution in [3.05, 3.63) is 29.8 Å². The van der Waals surface area contributed by atoms with E-state index in [-0.39, 0.29) is 0 Å². The van der Waals surface area contributed by atoms with E-state index < -0.39 is 0 Å². The number of thioether (sulfide) groups is 1. The number of aliphatic hydroxyl groups excluding tert-OH is 1. The number of nitrogens with zero attached hydrogens (tertiary/aromatic N) is 1. The van der Waals surface area contributed by atoms with Crippen LogP contribution >= 0.6 is 11.8 Å². The lowest BCUT2D eigenvalue weighted by Crippen LogP contribution is -2.33. The molecule has 1 heterocycles. The van der Waals surface area contributed by atoms with Gasteiger partial charge in [-0.1, -0.05) is 17.7 Å². The summed E-state index contributed by atoms with van der Waals surface area (Å²) in [6.07, 6.45) is 2.39. The number of likely N-dealkylation sites (tertiary alicyclic amines) is 1. The average Bonchev–Trinajstić information content (AvgIpc) is 2.79. The number of hydrogen-bond donors (Lipinski definition) is 1. The third-order valence-corrected chi connectivity index (χ3v) is 4.37. The fraction of sp³-hybridized carbons (Fsp3) is 0.571. The van der Waals surface area contributed by atoms with E-state index in [0.717, 1.165) is 25.3 Å². The minimum atomic E-state index is 0.315. The third-order valence-electron chi connectivity index (χ3n) is 3.38. The van der Waals surface area contributed by atoms with Crippen LogP contribution in [0.25, 0.3) is 0 Å². The summed E-state index contributed by atoms with van der Waals surface area (Å²) in [4.78, 5) is 3.76. The Labute approximate surface area is 108 Å². The molecule has 0 radical (unpaired) electrons. The van der Waals surface area contributed by atoms with Crippen LogP contribution in [-0.2, 0) is 0 Å². The van der Waals surface area contributed by atoms with Crippen molar-refractivity contribution < 1.29 is 5.11 Å². The molecule has 0 spiro atoms. The SMILES string of the molecule is Cc1ccc(SCCN2CCC[C@@H]2CO)cc1. The first-order valence-electron chi connectivity index (χ1n) is 6.34. The van der Waals surface area contributed by atoms with Crippen molar-refractivity contribution in [3.63, 3.8) is 0 Å². The Morgan fingerprint density at radius 3 is 2.82 bits per heavy atom. The normalized spacial score (nSPS) is 20.9. The highest BCUT2D eigenvalue weighted by molar-refractivity contribution is 7.99. The summed E-state index contributed by atoms with van der Waals surface area (Å²) in [6, 6.07) is 9.11. The maximum Gasteiger partial charge on any atom is 0.0586 e. The van der Waals surface area contributed by atoms with Crippen LogP contribution in [0.2, 0.25) is 0 Å². The van der Waals surface area contributed by atoms with Gasteiger partial charge in [0.25, 0.3) is 0 Å². The molecule has 1 aromatic rings. The van der Waals surface area contributed by atoms with Crippen molar-refractivity contribution in [2.24, 2.45) is 0 Å². The van der Waals surface area contributed by atoms with Crippen molar-refractivity contribution in [1.29, 1.82) is 0 Å². The van der Waals surface area contributed by atoms with Crippen LogP contribution in [0, 0.1) is 6.92 Å². The Kier molecular flexibility index (Phi) is 4.89. The second-order valence-electron chi connectivity index (χ2n) is 4.68. The number of aliphatic hydroxyl groups is 1. The minimum absolute atomic E-state index is 0.315. The molecule has 1 N–H and O–H groups in total. The lowest BCUT2D eigenvalue weighted by Gasteiger charge is -2.22. The maximum atomic E-state index is 9.23. The van der Waals surface area contributed by atoms with Crippen molar-refractivity contribution in [2.45, 2.75) is 30.7 Å². The predicted molar refractivity (Wildman–Crippen MR) is 73.6 cm³/mol. The molecular weight excluding hydrogens is 230 g/mol. The van der Waals surface area contributed by atoms with E-state index in [1.54, 1.807) is 0 Å². The van der Waals surface area contributed by atoms with E-state index in [2.05, 4.69) is 36.1 Å². The summed E-state index contributed by atoms with van der Waals surface area (Å²) in [6.45, 7) is 4.67. The van der Waals surface area contributed by atoms with Crippen LogP contribution in [0.5, 0.6) is 0 Å². The van der Waals surface area contributed by atoms with Gasteiger partial charge >= 0.3 is 0 Å². The molecule has 0 bridgehead atoms. The number of aryl methyl sites for hydroxylation is 1. The van der Waals surface area contributed by atoms with E-state index in [9.17, 15) is 5.11 Å². The second kappa shape index (κ2) is 6.43. The van der Waals surface area contributed by atoms with E-state index >= 15 is 0 Å². The molecule has 0 saturated carbocycles. The second-order valence-corrected chi connectivity index (χ2v) is 5.84. The van der Waals surface area contributed by atoms with Gasteiger partial charge in [-0.05, 0) is 38.4 Å². The molecule has 94 valence electrons. The summed E-state index contributed by atoms with van der Waals surface area (Å²) in [5, 5.41) is 9.23. The first-order valence-corrected chi connectivity index (χ1v) is 7.32. The Hall–Kier alpha value is -0.510. The van der Waals surface area contributed by atoms with Crippen LogP contribution in [0.4, 0.5) is 0 Å². The van der Waals surface area contributed by atoms with Gasteiger partial charge in [0, 0.05) is 23.2 Å². The van der Waals surface area contributed by atoms with Crippen molar-refractivity contribution in [1.82, 2.24) is 4.90 Å². The molecule has 2 nitrogen and oxygen atoms in total. The largest absolute Gasteiger partial charge is 0.395 e. The van der Waals surface area contributed by atoms with Gasteiger partial charge in [0.15, 0.2) is 0 Å². The zero-order valence-corrected chi connectivity index (χ0v) is 11.2. The molecule has 1 aromatic carbocycles. The Balaban J connectivity index is 1.74. The van der Waals surface area contributed by atoms with Gasteiger partial charge in [0.1, 0.15) is 0 Å². The van der Waals surface area contributed by atoms with Gasteiger partial charge in [-0.2, -0.15) is 0 Å². The highest BCUT2D eigenvalue weighted by Crippen LogP contribution is 2.21. The summed E-state index contributed by atoms with van der Waals surface area (Å²) < 4.78 is 0. The fourth-order valence-electron chi connectivity index (χ4n) is 2.31. The first-order chi connectivity index (χ1) is 8.29. The highest BCUT2D eigenvalue weighted by atomic mass is 32.2. The summed E-state index contributed by atoms with van der Waals surface area (Å²) >= 11 is 1.91. The van der Waals surface area contributed by atoms with Gasteiger partial charge < -0.3 is 5.11 Å². The molecule has 17 heavy (non-hydrogen) atoms. The molecular formula is C14H21NOS. The average molecular weight is 251 g/mol. The molecule has 0 aliphatic carbocycles. The molecule has 0 unspecified atom stereocenters. The quantitative estimate of drug-likeness (QED) is 0.814. The lowest BCUT2D eigenvalue weighted by atomic mass is 10.2. The fourth-order valence-corrected chi connectivity index (χ4v) is 3.20. The number of benzene rings is 1. The number of hydrogen-bond acceptors (Lipinski definition) is 3. The lowest BCUT2D eigenvalue weighted by molar-refractivity contribution is 0.165. The molecule has 1 aliphatic rings. The zero-order valence-electron chi connectivity index (χ0n) is 10.4. The minimum Gasteiger partial charge on any atom is -0.395 e. The maximum absolute atomic E-state index is 9.23. The van der Waals surface area contributed by atoms with E-state index in [1.165, 1.54) is 16.9 Å². The van der Waals surface area contributed by atoms with Gasteiger partial charge in [0.05, 0.1) is 6.61 Å². The molecule has 1 saturated heterocycles. The van der Waals surface area contributed by atoms with Crippen molar-refractivity contribution >= 4 is 11.8 Å². The van der Waals surface area contributed by atoms with Gasteiger partial charge in [-0.15, -0.1) is 11.8 Å². The molecule has 1 aliphatic heterocycles. The first kappa shape index (κ1) is 12.9. The molecule has 3 heteroatoms. The molecule has 0 aromatic heterocycles. The van der Waals surface area contributed by atoms with Gasteiger partial charge in [0.2, 0.25) is 0 Å². The van der Waals surface area contributed by atoms with E-state index in [4.69, 9.17) is 0 Å². The van der Waals surface area contributed by atoms with Crippen molar-refractivity contribution in [2.75, 3.05) is 25.4 Å². The predicted octanol–water partition coefficient (Wildman–Crippen LogP) is 2.54. The van der Waals surface area contributed by atoms with E-state index in [1.807, 2.05) is 11.8 Å². The zero-order chi connectivity index (χ0) is 12.1. The van der Waals surface area contributed by atoms with Gasteiger partial charge in [-0.3, -0.25) is 4.90 Å². The molecule has 1 atom stereocenters. The summed E-state index contributed by atoms with van der Waals surface area (Å²) in [5.41, 5.74) is 1.31. The summed E-state index contributed by atoms with van der Waals surface area (Å²) in [5.74, 6) is 1.11. The molecule has 1 fully saturated rings. The van der Waals surface area contributed by atoms with Crippen LogP contribution < -0.4 is 0 Å². The van der Waals surface area contributed by atoms with E-state index in [0.29, 0.717) is 12.6 Å². The highest BCUT2D eigenvalue weighted by Gasteiger charge is 2.22. The topological polar surface area (TPSA) is 23.5 Å². The smallest absolute Gasteiger partial charge is 0.0586 e. The monoisotopic (exact) mass is 251 g/mol. The number of rotatable bonds is 5.